The average Bonchev–Trinajstić information content (AvgIpc) is 3.33. The van der Waals surface area contributed by atoms with Crippen molar-refractivity contribution in [1.82, 2.24) is 4.98 Å². The molecule has 2 aromatic carbocycles. The van der Waals surface area contributed by atoms with Gasteiger partial charge in [0.25, 0.3) is 5.91 Å². The molecule has 34 heavy (non-hydrogen) atoms. The largest absolute Gasteiger partial charge is 0.497 e. The Hall–Kier alpha value is -3.79. The van der Waals surface area contributed by atoms with E-state index < -0.39 is 18.5 Å². The number of amides is 1. The molecule has 10 heteroatoms. The second-order valence-electron chi connectivity index (χ2n) is 7.01. The summed E-state index contributed by atoms with van der Waals surface area (Å²) in [6.07, 6.45) is 0.472. The van der Waals surface area contributed by atoms with Gasteiger partial charge in [-0.05, 0) is 48.4 Å². The van der Waals surface area contributed by atoms with E-state index in [4.69, 9.17) is 23.7 Å². The van der Waals surface area contributed by atoms with Gasteiger partial charge in [0.05, 0.1) is 34.1 Å². The normalized spacial score (nSPS) is 10.4. The van der Waals surface area contributed by atoms with Crippen molar-refractivity contribution in [2.75, 3.05) is 40.4 Å². The Balaban J connectivity index is 1.48. The standard InChI is InChI=1S/C24H26N2O7S/c1-29-17-8-6-16(7-9-17)18-14-34-24(25-18)26-21(27)13-33-22(28)10-5-15-11-19(30-2)23(32-4)20(12-15)31-3/h6-9,11-12,14H,5,10,13H2,1-4H3,(H,25,26,27). The zero-order valence-corrected chi connectivity index (χ0v) is 20.2. The van der Waals surface area contributed by atoms with Gasteiger partial charge in [-0.3, -0.25) is 14.9 Å². The van der Waals surface area contributed by atoms with Crippen molar-refractivity contribution < 1.29 is 33.3 Å². The van der Waals surface area contributed by atoms with Gasteiger partial charge in [0.15, 0.2) is 23.2 Å². The van der Waals surface area contributed by atoms with E-state index in [-0.39, 0.29) is 6.42 Å². The van der Waals surface area contributed by atoms with Crippen molar-refractivity contribution in [3.63, 3.8) is 0 Å². The summed E-state index contributed by atoms with van der Waals surface area (Å²) >= 11 is 1.29. The molecule has 9 nitrogen and oxygen atoms in total. The van der Waals surface area contributed by atoms with E-state index in [0.29, 0.717) is 28.8 Å². The van der Waals surface area contributed by atoms with Crippen LogP contribution in [-0.4, -0.2) is 51.9 Å². The third-order valence-electron chi connectivity index (χ3n) is 4.84. The van der Waals surface area contributed by atoms with Crippen LogP contribution in [0.3, 0.4) is 0 Å². The Morgan fingerprint density at radius 3 is 2.21 bits per heavy atom. The highest BCUT2D eigenvalue weighted by Gasteiger charge is 2.15. The molecule has 0 aliphatic carbocycles. The summed E-state index contributed by atoms with van der Waals surface area (Å²) in [5, 5.41) is 4.90. The van der Waals surface area contributed by atoms with Crippen LogP contribution in [0.5, 0.6) is 23.0 Å². The molecule has 0 radical (unpaired) electrons. The van der Waals surface area contributed by atoms with Gasteiger partial charge in [0, 0.05) is 17.4 Å². The number of rotatable bonds is 11. The zero-order valence-electron chi connectivity index (χ0n) is 19.4. The van der Waals surface area contributed by atoms with Crippen molar-refractivity contribution in [2.24, 2.45) is 0 Å². The smallest absolute Gasteiger partial charge is 0.306 e. The molecule has 0 atom stereocenters. The van der Waals surface area contributed by atoms with Gasteiger partial charge in [-0.2, -0.15) is 0 Å². The highest BCUT2D eigenvalue weighted by molar-refractivity contribution is 7.14. The summed E-state index contributed by atoms with van der Waals surface area (Å²) in [5.74, 6) is 1.27. The number of anilines is 1. The minimum atomic E-state index is -0.498. The van der Waals surface area contributed by atoms with Gasteiger partial charge in [-0.25, -0.2) is 4.98 Å². The molecule has 0 saturated heterocycles. The predicted molar refractivity (Wildman–Crippen MR) is 128 cm³/mol. The van der Waals surface area contributed by atoms with E-state index in [1.54, 1.807) is 19.2 Å². The van der Waals surface area contributed by atoms with Crippen molar-refractivity contribution in [3.05, 3.63) is 47.3 Å². The molecule has 1 N–H and O–H groups in total. The van der Waals surface area contributed by atoms with Crippen LogP contribution in [0.25, 0.3) is 11.3 Å². The predicted octanol–water partition coefficient (Wildman–Crippen LogP) is 3.96. The second kappa shape index (κ2) is 11.9. The fourth-order valence-electron chi connectivity index (χ4n) is 3.13. The number of hydrogen-bond donors (Lipinski definition) is 1. The van der Waals surface area contributed by atoms with Crippen LogP contribution in [0.1, 0.15) is 12.0 Å². The third kappa shape index (κ3) is 6.38. The maximum atomic E-state index is 12.2. The lowest BCUT2D eigenvalue weighted by Gasteiger charge is -2.14. The van der Waals surface area contributed by atoms with Gasteiger partial charge in [0.1, 0.15) is 5.75 Å². The number of nitrogens with zero attached hydrogens (tertiary/aromatic N) is 1. The molecule has 0 bridgehead atoms. The fourth-order valence-corrected chi connectivity index (χ4v) is 3.86. The first-order valence-corrected chi connectivity index (χ1v) is 11.2. The quantitative estimate of drug-likeness (QED) is 0.406. The molecule has 0 fully saturated rings. The lowest BCUT2D eigenvalue weighted by atomic mass is 10.1. The Morgan fingerprint density at radius 2 is 1.62 bits per heavy atom. The molecule has 3 aromatic rings. The molecule has 0 aliphatic heterocycles. The first-order chi connectivity index (χ1) is 16.5. The maximum Gasteiger partial charge on any atom is 0.306 e. The summed E-state index contributed by atoms with van der Waals surface area (Å²) in [6, 6.07) is 11.0. The molecule has 1 aromatic heterocycles. The lowest BCUT2D eigenvalue weighted by Crippen LogP contribution is -2.21. The number of carbonyl (C=O) groups excluding carboxylic acids is 2. The van der Waals surface area contributed by atoms with Gasteiger partial charge in [-0.15, -0.1) is 11.3 Å². The van der Waals surface area contributed by atoms with Crippen LogP contribution in [0, 0.1) is 0 Å². The van der Waals surface area contributed by atoms with Crippen LogP contribution >= 0.6 is 11.3 Å². The lowest BCUT2D eigenvalue weighted by molar-refractivity contribution is -0.147. The summed E-state index contributed by atoms with van der Waals surface area (Å²) in [4.78, 5) is 28.7. The number of carbonyl (C=O) groups is 2. The van der Waals surface area contributed by atoms with Crippen LogP contribution < -0.4 is 24.3 Å². The molecular weight excluding hydrogens is 460 g/mol. The van der Waals surface area contributed by atoms with Crippen LogP contribution in [0.15, 0.2) is 41.8 Å². The second-order valence-corrected chi connectivity index (χ2v) is 7.87. The van der Waals surface area contributed by atoms with E-state index in [1.165, 1.54) is 32.7 Å². The number of aryl methyl sites for hydroxylation is 1. The minimum absolute atomic E-state index is 0.0881. The van der Waals surface area contributed by atoms with Crippen molar-refractivity contribution in [2.45, 2.75) is 12.8 Å². The van der Waals surface area contributed by atoms with E-state index in [2.05, 4.69) is 10.3 Å². The number of benzene rings is 2. The van der Waals surface area contributed by atoms with E-state index in [9.17, 15) is 9.59 Å². The van der Waals surface area contributed by atoms with Crippen molar-refractivity contribution in [1.29, 1.82) is 0 Å². The van der Waals surface area contributed by atoms with Gasteiger partial charge in [-0.1, -0.05) is 0 Å². The van der Waals surface area contributed by atoms with Crippen LogP contribution in [-0.2, 0) is 20.7 Å². The monoisotopic (exact) mass is 486 g/mol. The number of hydrogen-bond acceptors (Lipinski definition) is 9. The first kappa shape index (κ1) is 24.8. The van der Waals surface area contributed by atoms with Crippen LogP contribution in [0.4, 0.5) is 5.13 Å². The molecular formula is C24H26N2O7S. The summed E-state index contributed by atoms with van der Waals surface area (Å²) < 4.78 is 26.2. The summed E-state index contributed by atoms with van der Waals surface area (Å²) in [5.41, 5.74) is 2.44. The Labute approximate surface area is 201 Å². The topological polar surface area (TPSA) is 105 Å². The highest BCUT2D eigenvalue weighted by Crippen LogP contribution is 2.38. The van der Waals surface area contributed by atoms with Crippen molar-refractivity contribution in [3.8, 4) is 34.3 Å². The molecule has 1 heterocycles. The Bertz CT molecular complexity index is 1100. The number of nitrogens with one attached hydrogen (secondary N) is 1. The third-order valence-corrected chi connectivity index (χ3v) is 5.60. The number of thiazole rings is 1. The number of ether oxygens (including phenoxy) is 5. The summed E-state index contributed by atoms with van der Waals surface area (Å²) in [6.45, 7) is -0.397. The Morgan fingerprint density at radius 1 is 0.941 bits per heavy atom. The van der Waals surface area contributed by atoms with Crippen molar-refractivity contribution >= 4 is 28.3 Å². The van der Waals surface area contributed by atoms with E-state index in [1.807, 2.05) is 29.6 Å². The molecule has 0 unspecified atom stereocenters. The first-order valence-electron chi connectivity index (χ1n) is 10.3. The highest BCUT2D eigenvalue weighted by atomic mass is 32.1. The maximum absolute atomic E-state index is 12.2. The SMILES string of the molecule is COc1ccc(-c2csc(NC(=O)COC(=O)CCc3cc(OC)c(OC)c(OC)c3)n2)cc1. The number of aromatic nitrogens is 1. The minimum Gasteiger partial charge on any atom is -0.497 e. The molecule has 0 saturated carbocycles. The van der Waals surface area contributed by atoms with Gasteiger partial charge in [0.2, 0.25) is 5.75 Å². The van der Waals surface area contributed by atoms with E-state index in [0.717, 1.165) is 22.6 Å². The molecule has 180 valence electrons. The van der Waals surface area contributed by atoms with Gasteiger partial charge >= 0.3 is 5.97 Å². The zero-order chi connectivity index (χ0) is 24.5. The van der Waals surface area contributed by atoms with Gasteiger partial charge < -0.3 is 23.7 Å². The average molecular weight is 487 g/mol. The molecule has 1 amide bonds. The van der Waals surface area contributed by atoms with Crippen LogP contribution in [0.2, 0.25) is 0 Å². The Kier molecular flexibility index (Phi) is 8.69. The molecule has 0 spiro atoms. The summed E-state index contributed by atoms with van der Waals surface area (Å²) in [7, 11) is 6.17. The fraction of sp³-hybridized carbons (Fsp3) is 0.292. The molecule has 0 aliphatic rings. The number of esters is 1. The van der Waals surface area contributed by atoms with E-state index >= 15 is 0 Å². The number of methoxy groups -OCH3 is 4. The molecule has 3 rings (SSSR count).